The highest BCUT2D eigenvalue weighted by Crippen LogP contribution is 2.26. The Morgan fingerprint density at radius 3 is 2.47 bits per heavy atom. The molecule has 2 fully saturated rings. The van der Waals surface area contributed by atoms with Crippen molar-refractivity contribution in [2.45, 2.75) is 71.0 Å². The summed E-state index contributed by atoms with van der Waals surface area (Å²) in [5, 5.41) is 8.94. The second-order valence-corrected chi connectivity index (χ2v) is 5.86. The van der Waals surface area contributed by atoms with Gasteiger partial charge in [0, 0.05) is 31.2 Å². The van der Waals surface area contributed by atoms with Crippen molar-refractivity contribution in [2.24, 2.45) is 0 Å². The van der Waals surface area contributed by atoms with Gasteiger partial charge < -0.3 is 5.32 Å². The molecule has 0 saturated carbocycles. The minimum atomic E-state index is 0.719. The van der Waals surface area contributed by atoms with Crippen LogP contribution >= 0.6 is 0 Å². The van der Waals surface area contributed by atoms with E-state index in [1.165, 1.54) is 51.7 Å². The number of rotatable bonds is 4. The summed E-state index contributed by atoms with van der Waals surface area (Å²) >= 11 is 0. The summed E-state index contributed by atoms with van der Waals surface area (Å²) in [7, 11) is 0. The zero-order chi connectivity index (χ0) is 12.3. The van der Waals surface area contributed by atoms with E-state index in [0.717, 1.165) is 18.1 Å². The molecule has 100 valence electrons. The van der Waals surface area contributed by atoms with Gasteiger partial charge in [0.2, 0.25) is 0 Å². The van der Waals surface area contributed by atoms with Gasteiger partial charge in [-0.15, -0.1) is 0 Å². The lowest BCUT2D eigenvalue weighted by atomic mass is 9.99. The zero-order valence-electron chi connectivity index (χ0n) is 11.8. The Hall–Kier alpha value is -0.120. The summed E-state index contributed by atoms with van der Waals surface area (Å²) in [6, 6.07) is 2.20. The molecule has 2 heterocycles. The van der Waals surface area contributed by atoms with E-state index in [2.05, 4.69) is 36.1 Å². The number of piperidine rings is 1. The quantitative estimate of drug-likeness (QED) is 0.812. The highest BCUT2D eigenvalue weighted by molar-refractivity contribution is 4.85. The fourth-order valence-electron chi connectivity index (χ4n) is 3.43. The lowest BCUT2D eigenvalue weighted by Crippen LogP contribution is -2.54. The van der Waals surface area contributed by atoms with Gasteiger partial charge in [-0.05, 0) is 46.1 Å². The molecule has 3 heteroatoms. The zero-order valence-corrected chi connectivity index (χ0v) is 11.8. The minimum absolute atomic E-state index is 0.719. The molecule has 2 rings (SSSR count). The molecule has 0 radical (unpaired) electrons. The van der Waals surface area contributed by atoms with Crippen molar-refractivity contribution in [3.63, 3.8) is 0 Å². The molecule has 3 atom stereocenters. The third kappa shape index (κ3) is 3.21. The van der Waals surface area contributed by atoms with Gasteiger partial charge in [0.25, 0.3) is 0 Å². The summed E-state index contributed by atoms with van der Waals surface area (Å²) in [6.07, 6.45) is 6.70. The van der Waals surface area contributed by atoms with Gasteiger partial charge in [-0.2, -0.15) is 0 Å². The average Bonchev–Trinajstić information content (AvgIpc) is 2.75. The first-order chi connectivity index (χ1) is 8.22. The molecule has 3 nitrogen and oxygen atoms in total. The van der Waals surface area contributed by atoms with Crippen LogP contribution < -0.4 is 5.32 Å². The molecule has 0 bridgehead atoms. The lowest BCUT2D eigenvalue weighted by molar-refractivity contribution is -0.0904. The molecule has 2 aliphatic rings. The van der Waals surface area contributed by atoms with Crippen LogP contribution in [0, 0.1) is 0 Å². The summed E-state index contributed by atoms with van der Waals surface area (Å²) in [6.45, 7) is 10.7. The van der Waals surface area contributed by atoms with E-state index in [9.17, 15) is 0 Å². The minimum Gasteiger partial charge on any atom is -0.313 e. The number of hydrazine groups is 1. The summed E-state index contributed by atoms with van der Waals surface area (Å²) in [5.74, 6) is 0. The largest absolute Gasteiger partial charge is 0.313 e. The van der Waals surface area contributed by atoms with Crippen LogP contribution in [0.3, 0.4) is 0 Å². The van der Waals surface area contributed by atoms with E-state index in [-0.39, 0.29) is 0 Å². The van der Waals surface area contributed by atoms with Crippen molar-refractivity contribution in [2.75, 3.05) is 19.6 Å². The molecule has 0 aromatic carbocycles. The van der Waals surface area contributed by atoms with Gasteiger partial charge in [-0.3, -0.25) is 0 Å². The lowest BCUT2D eigenvalue weighted by Gasteiger charge is -2.44. The van der Waals surface area contributed by atoms with E-state index in [1.807, 2.05) is 0 Å². The maximum atomic E-state index is 3.66. The highest BCUT2D eigenvalue weighted by atomic mass is 15.7. The summed E-state index contributed by atoms with van der Waals surface area (Å²) in [5.41, 5.74) is 0. The van der Waals surface area contributed by atoms with E-state index in [1.54, 1.807) is 0 Å². The van der Waals surface area contributed by atoms with Gasteiger partial charge in [-0.1, -0.05) is 13.3 Å². The fourth-order valence-corrected chi connectivity index (χ4v) is 3.43. The molecule has 1 N–H and O–H groups in total. The monoisotopic (exact) mass is 239 g/mol. The fraction of sp³-hybridized carbons (Fsp3) is 1.00. The molecule has 0 amide bonds. The van der Waals surface area contributed by atoms with E-state index in [0.29, 0.717) is 0 Å². The molecule has 0 aliphatic carbocycles. The van der Waals surface area contributed by atoms with Crippen molar-refractivity contribution in [3.8, 4) is 0 Å². The Bertz CT molecular complexity index is 222. The first kappa shape index (κ1) is 13.3. The van der Waals surface area contributed by atoms with Crippen LogP contribution in [0.4, 0.5) is 0 Å². The van der Waals surface area contributed by atoms with Crippen molar-refractivity contribution in [1.29, 1.82) is 0 Å². The second-order valence-electron chi connectivity index (χ2n) is 5.86. The van der Waals surface area contributed by atoms with Crippen molar-refractivity contribution in [1.82, 2.24) is 15.3 Å². The molecular formula is C14H29N3. The first-order valence-electron chi connectivity index (χ1n) is 7.49. The molecule has 17 heavy (non-hydrogen) atoms. The van der Waals surface area contributed by atoms with Crippen molar-refractivity contribution < 1.29 is 0 Å². The van der Waals surface area contributed by atoms with Gasteiger partial charge in [-0.25, -0.2) is 10.0 Å². The maximum Gasteiger partial charge on any atom is 0.0288 e. The van der Waals surface area contributed by atoms with Crippen LogP contribution in [-0.2, 0) is 0 Å². The second kappa shape index (κ2) is 6.17. The third-order valence-corrected chi connectivity index (χ3v) is 4.32. The SMILES string of the molecule is CCCNC1CCN(N2C(C)CCCC2C)C1. The van der Waals surface area contributed by atoms with Crippen LogP contribution in [0.2, 0.25) is 0 Å². The van der Waals surface area contributed by atoms with E-state index >= 15 is 0 Å². The Labute approximate surface area is 107 Å². The van der Waals surface area contributed by atoms with Gasteiger partial charge in [0.15, 0.2) is 0 Å². The molecule has 2 aliphatic heterocycles. The van der Waals surface area contributed by atoms with Crippen molar-refractivity contribution >= 4 is 0 Å². The summed E-state index contributed by atoms with van der Waals surface area (Å²) < 4.78 is 0. The average molecular weight is 239 g/mol. The van der Waals surface area contributed by atoms with Crippen LogP contribution in [0.5, 0.6) is 0 Å². The van der Waals surface area contributed by atoms with Crippen LogP contribution in [0.25, 0.3) is 0 Å². The summed E-state index contributed by atoms with van der Waals surface area (Å²) in [4.78, 5) is 0. The van der Waals surface area contributed by atoms with Crippen LogP contribution in [0.15, 0.2) is 0 Å². The first-order valence-corrected chi connectivity index (χ1v) is 7.49. The van der Waals surface area contributed by atoms with Crippen LogP contribution in [-0.4, -0.2) is 47.8 Å². The smallest absolute Gasteiger partial charge is 0.0288 e. The Morgan fingerprint density at radius 1 is 1.12 bits per heavy atom. The molecular weight excluding hydrogens is 210 g/mol. The van der Waals surface area contributed by atoms with Gasteiger partial charge >= 0.3 is 0 Å². The van der Waals surface area contributed by atoms with Gasteiger partial charge in [0.1, 0.15) is 0 Å². The molecule has 2 saturated heterocycles. The molecule has 3 unspecified atom stereocenters. The molecule has 0 spiro atoms. The van der Waals surface area contributed by atoms with E-state index in [4.69, 9.17) is 0 Å². The van der Waals surface area contributed by atoms with E-state index < -0.39 is 0 Å². The number of hydrogen-bond acceptors (Lipinski definition) is 3. The normalized spacial score (nSPS) is 36.5. The highest BCUT2D eigenvalue weighted by Gasteiger charge is 2.33. The Morgan fingerprint density at radius 2 is 1.82 bits per heavy atom. The number of hydrogen-bond donors (Lipinski definition) is 1. The number of nitrogens with zero attached hydrogens (tertiary/aromatic N) is 2. The predicted octanol–water partition coefficient (Wildman–Crippen LogP) is 2.24. The van der Waals surface area contributed by atoms with Gasteiger partial charge in [0.05, 0.1) is 0 Å². The predicted molar refractivity (Wildman–Crippen MR) is 72.9 cm³/mol. The maximum absolute atomic E-state index is 3.66. The third-order valence-electron chi connectivity index (χ3n) is 4.32. The topological polar surface area (TPSA) is 18.5 Å². The Kier molecular flexibility index (Phi) is 4.83. The standard InChI is InChI=1S/C14H29N3/c1-4-9-15-14-8-10-16(11-14)17-12(2)6-5-7-13(17)3/h12-15H,4-11H2,1-3H3. The molecule has 0 aromatic heterocycles. The molecule has 0 aromatic rings. The van der Waals surface area contributed by atoms with Crippen LogP contribution in [0.1, 0.15) is 52.9 Å². The van der Waals surface area contributed by atoms with Crippen molar-refractivity contribution in [3.05, 3.63) is 0 Å². The number of nitrogens with one attached hydrogen (secondary N) is 1. The Balaban J connectivity index is 1.85.